The van der Waals surface area contributed by atoms with Crippen LogP contribution in [0.2, 0.25) is 0 Å². The first kappa shape index (κ1) is 37.6. The Kier molecular flexibility index (Phi) is 9.12. The Morgan fingerprint density at radius 1 is 0.400 bits per heavy atom. The number of imidazole rings is 1. The van der Waals surface area contributed by atoms with Crippen LogP contribution in [0.3, 0.4) is 0 Å². The molecule has 0 unspecified atom stereocenters. The van der Waals surface area contributed by atoms with Crippen LogP contribution in [0.15, 0.2) is 151 Å². The van der Waals surface area contributed by atoms with Crippen molar-refractivity contribution in [1.29, 1.82) is 0 Å². The molecule has 0 N–H and O–H groups in total. The van der Waals surface area contributed by atoms with Gasteiger partial charge < -0.3 is 4.57 Å². The third-order valence-electron chi connectivity index (χ3n) is 12.4. The van der Waals surface area contributed by atoms with E-state index in [0.29, 0.717) is 0 Å². The van der Waals surface area contributed by atoms with Crippen molar-refractivity contribution in [3.8, 4) is 17.1 Å². The van der Waals surface area contributed by atoms with Gasteiger partial charge in [-0.3, -0.25) is 9.13 Å². The average Bonchev–Trinajstić information content (AvgIpc) is 3.88. The molecule has 0 aliphatic rings. The van der Waals surface area contributed by atoms with E-state index < -0.39 is 0 Å². The van der Waals surface area contributed by atoms with E-state index in [4.69, 9.17) is 10.1 Å². The van der Waals surface area contributed by atoms with Gasteiger partial charge in [0.15, 0.2) is 5.65 Å². The van der Waals surface area contributed by atoms with Gasteiger partial charge in [-0.2, -0.15) is 0 Å². The second kappa shape index (κ2) is 14.6. The molecule has 60 heavy (non-hydrogen) atoms. The van der Waals surface area contributed by atoms with Crippen molar-refractivity contribution in [3.05, 3.63) is 174 Å². The third kappa shape index (κ3) is 5.76. The number of rotatable bonds is 8. The maximum Gasteiger partial charge on any atom is 0.239 e. The summed E-state index contributed by atoms with van der Waals surface area (Å²) in [5.74, 6) is 1.08. The van der Waals surface area contributed by atoms with Crippen molar-refractivity contribution in [1.82, 2.24) is 23.4 Å². The number of hydrogen-bond acceptors (Lipinski definition) is 2. The Hall–Kier alpha value is -6.66. The summed E-state index contributed by atoms with van der Waals surface area (Å²) in [5, 5.41) is 10.7. The fraction of sp³-hybridized carbons (Fsp3) is 0.222. The summed E-state index contributed by atoms with van der Waals surface area (Å²) in [6.45, 7) is 18.3. The molecule has 6 nitrogen and oxygen atoms in total. The summed E-state index contributed by atoms with van der Waals surface area (Å²) in [7, 11) is 0. The minimum absolute atomic E-state index is 0.267. The summed E-state index contributed by atoms with van der Waals surface area (Å²) in [4.78, 5) is 5.23. The highest BCUT2D eigenvalue weighted by Crippen LogP contribution is 2.38. The molecule has 4 aromatic heterocycles. The van der Waals surface area contributed by atoms with E-state index in [1.54, 1.807) is 0 Å². The highest BCUT2D eigenvalue weighted by Gasteiger charge is 2.27. The second-order valence-electron chi connectivity index (χ2n) is 17.5. The van der Waals surface area contributed by atoms with Crippen LogP contribution in [0.4, 0.5) is 0 Å². The van der Waals surface area contributed by atoms with E-state index in [2.05, 4.69) is 213 Å². The Labute approximate surface area is 351 Å². The fourth-order valence-electron chi connectivity index (χ4n) is 9.57. The van der Waals surface area contributed by atoms with Crippen LogP contribution < -0.4 is 5.62 Å². The molecular weight excluding hydrogens is 733 g/mol. The molecule has 0 aliphatic heterocycles. The first-order valence-corrected chi connectivity index (χ1v) is 21.6. The lowest BCUT2D eigenvalue weighted by atomic mass is 9.92. The molecule has 0 saturated heterocycles. The summed E-state index contributed by atoms with van der Waals surface area (Å²) >= 11 is 0. The van der Waals surface area contributed by atoms with Gasteiger partial charge in [-0.25, -0.2) is 9.66 Å². The van der Waals surface area contributed by atoms with Crippen LogP contribution in [0.5, 0.6) is 0 Å². The summed E-state index contributed by atoms with van der Waals surface area (Å²) < 4.78 is 9.37. The van der Waals surface area contributed by atoms with E-state index in [9.17, 15) is 0 Å². The van der Waals surface area contributed by atoms with Gasteiger partial charge in [0.2, 0.25) is 5.62 Å². The molecule has 0 atom stereocenters. The number of fused-ring (bicyclic) bond motifs is 7. The molecule has 6 heteroatoms. The van der Waals surface area contributed by atoms with Gasteiger partial charge >= 0.3 is 0 Å². The molecule has 0 spiro atoms. The molecule has 0 saturated carbocycles. The lowest BCUT2D eigenvalue weighted by molar-refractivity contribution is 0.737. The molecule has 6 aromatic carbocycles. The molecular formula is C54H52N6. The molecule has 0 amide bonds. The Morgan fingerprint density at radius 2 is 0.850 bits per heavy atom. The number of hydrogen-bond donors (Lipinski definition) is 0. The minimum Gasteiger partial charge on any atom is -0.309 e. The van der Waals surface area contributed by atoms with Gasteiger partial charge in [-0.05, 0) is 94.5 Å². The van der Waals surface area contributed by atoms with Crippen LogP contribution in [0.1, 0.15) is 101 Å². The molecule has 0 bridgehead atoms. The predicted octanol–water partition coefficient (Wildman–Crippen LogP) is 13.9. The average molecular weight is 785 g/mol. The van der Waals surface area contributed by atoms with Crippen LogP contribution >= 0.6 is 0 Å². The van der Waals surface area contributed by atoms with E-state index in [-0.39, 0.29) is 23.7 Å². The molecule has 0 fully saturated rings. The lowest BCUT2D eigenvalue weighted by Crippen LogP contribution is -2.29. The van der Waals surface area contributed by atoms with Gasteiger partial charge in [-0.15, -0.1) is 5.10 Å². The van der Waals surface area contributed by atoms with Crippen molar-refractivity contribution in [2.24, 2.45) is 5.10 Å². The highest BCUT2D eigenvalue weighted by atomic mass is 15.4. The number of benzene rings is 6. The standard InChI is InChI=1S/C54H52N6/c1-33(2)38-21-15-22-39(34(3)4)51(38)58-50-28-17-31-55-53(50)59(52-40(35(5)6)23-16-24-41(52)36(7)8)54(58)56-60-48-27-14-11-20-44(48)45-32-37(29-30-49(45)60)57-46-25-12-9-18-42(46)43-19-10-13-26-47(43)57/h9-36H,1-8H3/b56-54+. The van der Waals surface area contributed by atoms with Crippen molar-refractivity contribution in [2.45, 2.75) is 79.1 Å². The van der Waals surface area contributed by atoms with Crippen LogP contribution in [0.25, 0.3) is 71.8 Å². The van der Waals surface area contributed by atoms with Gasteiger partial charge in [0.1, 0.15) is 0 Å². The van der Waals surface area contributed by atoms with Gasteiger partial charge in [0.05, 0.1) is 39.0 Å². The monoisotopic (exact) mass is 784 g/mol. The minimum atomic E-state index is 0.267. The van der Waals surface area contributed by atoms with Crippen molar-refractivity contribution in [3.63, 3.8) is 0 Å². The summed E-state index contributed by atoms with van der Waals surface area (Å²) in [6, 6.07) is 50.9. The number of pyridine rings is 1. The van der Waals surface area contributed by atoms with E-state index in [0.717, 1.165) is 50.0 Å². The third-order valence-corrected chi connectivity index (χ3v) is 12.4. The number of nitrogens with zero attached hydrogens (tertiary/aromatic N) is 6. The van der Waals surface area contributed by atoms with E-state index >= 15 is 0 Å². The fourth-order valence-corrected chi connectivity index (χ4v) is 9.57. The maximum absolute atomic E-state index is 5.94. The van der Waals surface area contributed by atoms with Crippen molar-refractivity contribution in [2.75, 3.05) is 0 Å². The summed E-state index contributed by atoms with van der Waals surface area (Å²) in [6.07, 6.45) is 1.92. The molecule has 298 valence electrons. The second-order valence-corrected chi connectivity index (χ2v) is 17.5. The van der Waals surface area contributed by atoms with Gasteiger partial charge in [0.25, 0.3) is 0 Å². The van der Waals surface area contributed by atoms with Gasteiger partial charge in [-0.1, -0.05) is 146 Å². The quantitative estimate of drug-likeness (QED) is 0.151. The highest BCUT2D eigenvalue weighted by molar-refractivity contribution is 6.11. The maximum atomic E-state index is 5.94. The Balaban J connectivity index is 1.38. The first-order chi connectivity index (χ1) is 29.1. The Bertz CT molecular complexity index is 3130. The lowest BCUT2D eigenvalue weighted by Gasteiger charge is -2.22. The van der Waals surface area contributed by atoms with Crippen molar-refractivity contribution >= 4 is 54.8 Å². The first-order valence-electron chi connectivity index (χ1n) is 21.6. The van der Waals surface area contributed by atoms with E-state index in [1.807, 2.05) is 6.20 Å². The number of para-hydroxylation sites is 5. The zero-order chi connectivity index (χ0) is 41.4. The normalized spacial score (nSPS) is 12.7. The van der Waals surface area contributed by atoms with Gasteiger partial charge in [0, 0.05) is 33.4 Å². The van der Waals surface area contributed by atoms with Crippen LogP contribution in [-0.4, -0.2) is 23.4 Å². The molecule has 4 heterocycles. The summed E-state index contributed by atoms with van der Waals surface area (Å²) in [5.41, 5.74) is 15.8. The topological polar surface area (TPSA) is 45.0 Å². The SMILES string of the molecule is CC(C)c1cccc(C(C)C)c1-n1/c(=N\n2c3ccccc3c3cc(-n4c5ccccc5c5ccccc54)ccc32)n(-c2c(C(C)C)cccc2C(C)C)c2ncccc21. The molecule has 10 rings (SSSR count). The zero-order valence-corrected chi connectivity index (χ0v) is 35.8. The molecule has 0 aliphatic carbocycles. The van der Waals surface area contributed by atoms with Crippen molar-refractivity contribution < 1.29 is 0 Å². The smallest absolute Gasteiger partial charge is 0.239 e. The number of aromatic nitrogens is 5. The van der Waals surface area contributed by atoms with Crippen LogP contribution in [-0.2, 0) is 0 Å². The van der Waals surface area contributed by atoms with E-state index in [1.165, 1.54) is 49.7 Å². The Morgan fingerprint density at radius 3 is 1.38 bits per heavy atom. The molecule has 0 radical (unpaired) electrons. The molecule has 10 aromatic rings. The zero-order valence-electron chi connectivity index (χ0n) is 35.8. The largest absolute Gasteiger partial charge is 0.309 e. The van der Waals surface area contributed by atoms with Crippen LogP contribution in [0, 0.1) is 0 Å². The predicted molar refractivity (Wildman–Crippen MR) is 251 cm³/mol.